The van der Waals surface area contributed by atoms with Gasteiger partial charge in [0.2, 0.25) is 0 Å². The zero-order chi connectivity index (χ0) is 14.3. The maximum Gasteiger partial charge on any atom is 0.325 e. The van der Waals surface area contributed by atoms with Crippen molar-refractivity contribution < 1.29 is 13.9 Å². The highest BCUT2D eigenvalue weighted by Gasteiger charge is 2.13. The van der Waals surface area contributed by atoms with Crippen molar-refractivity contribution in [3.8, 4) is 6.07 Å². The molecule has 0 saturated carbocycles. The van der Waals surface area contributed by atoms with E-state index in [1.165, 1.54) is 6.07 Å². The Bertz CT molecular complexity index is 483. The lowest BCUT2D eigenvalue weighted by atomic mass is 10.2. The van der Waals surface area contributed by atoms with Crippen LogP contribution in [0.2, 0.25) is 0 Å². The number of nitriles is 1. The van der Waals surface area contributed by atoms with E-state index in [4.69, 9.17) is 10.00 Å². The van der Waals surface area contributed by atoms with E-state index in [0.29, 0.717) is 18.8 Å². The molecular formula is C14H17FN2O2. The van der Waals surface area contributed by atoms with Gasteiger partial charge in [0.1, 0.15) is 12.4 Å². The molecule has 1 aromatic rings. The smallest absolute Gasteiger partial charge is 0.325 e. The standard InChI is InChI=1S/C14H17FN2O2/c1-3-5-17(10-14(18)19-4-2)13-7-11(9-16)6-12(15)8-13/h6-8H,3-5,10H2,1-2H3. The number of nitrogens with zero attached hydrogens (tertiary/aromatic N) is 2. The summed E-state index contributed by atoms with van der Waals surface area (Å²) in [5.74, 6) is -0.849. The highest BCUT2D eigenvalue weighted by Crippen LogP contribution is 2.18. The van der Waals surface area contributed by atoms with Crippen molar-refractivity contribution in [3.05, 3.63) is 29.6 Å². The Morgan fingerprint density at radius 2 is 2.16 bits per heavy atom. The third kappa shape index (κ3) is 4.59. The van der Waals surface area contributed by atoms with Gasteiger partial charge in [-0.25, -0.2) is 4.39 Å². The van der Waals surface area contributed by atoms with Crippen LogP contribution in [0.3, 0.4) is 0 Å². The average molecular weight is 264 g/mol. The number of carbonyl (C=O) groups is 1. The van der Waals surface area contributed by atoms with Crippen LogP contribution in [0.5, 0.6) is 0 Å². The monoisotopic (exact) mass is 264 g/mol. The van der Waals surface area contributed by atoms with E-state index < -0.39 is 5.82 Å². The third-order valence-corrected chi connectivity index (χ3v) is 2.50. The number of esters is 1. The fourth-order valence-electron chi connectivity index (χ4n) is 1.75. The molecule has 0 bridgehead atoms. The van der Waals surface area contributed by atoms with Gasteiger partial charge in [0.15, 0.2) is 0 Å². The molecule has 19 heavy (non-hydrogen) atoms. The molecule has 0 aliphatic heterocycles. The first-order valence-electron chi connectivity index (χ1n) is 6.22. The minimum Gasteiger partial charge on any atom is -0.465 e. The van der Waals surface area contributed by atoms with E-state index >= 15 is 0 Å². The van der Waals surface area contributed by atoms with Crippen molar-refractivity contribution in [1.29, 1.82) is 5.26 Å². The highest BCUT2D eigenvalue weighted by molar-refractivity contribution is 5.76. The summed E-state index contributed by atoms with van der Waals surface area (Å²) in [5.41, 5.74) is 0.756. The van der Waals surface area contributed by atoms with Crippen molar-refractivity contribution in [3.63, 3.8) is 0 Å². The first kappa shape index (κ1) is 15.0. The number of carbonyl (C=O) groups excluding carboxylic acids is 1. The zero-order valence-electron chi connectivity index (χ0n) is 11.1. The minimum atomic E-state index is -0.487. The molecule has 1 rings (SSSR count). The molecule has 102 valence electrons. The van der Waals surface area contributed by atoms with Crippen LogP contribution >= 0.6 is 0 Å². The van der Waals surface area contributed by atoms with Crippen molar-refractivity contribution in [2.24, 2.45) is 0 Å². The lowest BCUT2D eigenvalue weighted by Crippen LogP contribution is -2.31. The van der Waals surface area contributed by atoms with Crippen LogP contribution in [-0.4, -0.2) is 25.7 Å². The summed E-state index contributed by atoms with van der Waals surface area (Å²) in [6.45, 7) is 4.65. The zero-order valence-corrected chi connectivity index (χ0v) is 11.1. The molecule has 0 unspecified atom stereocenters. The summed E-state index contributed by atoms with van der Waals surface area (Å²) in [4.78, 5) is 13.2. The normalized spacial score (nSPS) is 9.79. The molecular weight excluding hydrogens is 247 g/mol. The second kappa shape index (κ2) is 7.37. The van der Waals surface area contributed by atoms with E-state index in [9.17, 15) is 9.18 Å². The van der Waals surface area contributed by atoms with Crippen LogP contribution in [0.15, 0.2) is 18.2 Å². The molecule has 0 atom stereocenters. The van der Waals surface area contributed by atoms with Crippen molar-refractivity contribution >= 4 is 11.7 Å². The van der Waals surface area contributed by atoms with Crippen LogP contribution in [0, 0.1) is 17.1 Å². The maximum atomic E-state index is 13.4. The Balaban J connectivity index is 2.95. The quantitative estimate of drug-likeness (QED) is 0.741. The van der Waals surface area contributed by atoms with Gasteiger partial charge in [-0.3, -0.25) is 4.79 Å². The second-order valence-electron chi connectivity index (χ2n) is 4.04. The molecule has 0 heterocycles. The number of benzene rings is 1. The molecule has 0 aliphatic rings. The summed E-state index contributed by atoms with van der Waals surface area (Å²) in [5, 5.41) is 8.84. The molecule has 0 radical (unpaired) electrons. The molecule has 0 spiro atoms. The fraction of sp³-hybridized carbons (Fsp3) is 0.429. The highest BCUT2D eigenvalue weighted by atomic mass is 19.1. The van der Waals surface area contributed by atoms with Gasteiger partial charge in [0.25, 0.3) is 0 Å². The van der Waals surface area contributed by atoms with Crippen LogP contribution in [0.25, 0.3) is 0 Å². The van der Waals surface area contributed by atoms with Crippen molar-refractivity contribution in [2.75, 3.05) is 24.6 Å². The lowest BCUT2D eigenvalue weighted by Gasteiger charge is -2.23. The van der Waals surface area contributed by atoms with E-state index in [2.05, 4.69) is 0 Å². The summed E-state index contributed by atoms with van der Waals surface area (Å²) in [6.07, 6.45) is 0.803. The first-order valence-corrected chi connectivity index (χ1v) is 6.22. The second-order valence-corrected chi connectivity index (χ2v) is 4.04. The number of halogens is 1. The largest absolute Gasteiger partial charge is 0.465 e. The van der Waals surface area contributed by atoms with Gasteiger partial charge in [-0.2, -0.15) is 5.26 Å². The van der Waals surface area contributed by atoms with Crippen molar-refractivity contribution in [1.82, 2.24) is 0 Å². The fourth-order valence-corrected chi connectivity index (χ4v) is 1.75. The Morgan fingerprint density at radius 3 is 2.74 bits per heavy atom. The SMILES string of the molecule is CCCN(CC(=O)OCC)c1cc(F)cc(C#N)c1. The maximum absolute atomic E-state index is 13.4. The molecule has 0 amide bonds. The van der Waals surface area contributed by atoms with Crippen LogP contribution in [0.4, 0.5) is 10.1 Å². The summed E-state index contributed by atoms with van der Waals surface area (Å²) in [7, 11) is 0. The number of rotatable bonds is 6. The van der Waals surface area contributed by atoms with E-state index in [1.54, 1.807) is 17.9 Å². The van der Waals surface area contributed by atoms with Gasteiger partial charge in [0, 0.05) is 12.2 Å². The van der Waals surface area contributed by atoms with Gasteiger partial charge in [-0.05, 0) is 31.5 Å². The number of anilines is 1. The number of ether oxygens (including phenoxy) is 1. The Hall–Kier alpha value is -2.09. The topological polar surface area (TPSA) is 53.3 Å². The summed E-state index contributed by atoms with van der Waals surface area (Å²) in [6, 6.07) is 5.95. The van der Waals surface area contributed by atoms with Gasteiger partial charge >= 0.3 is 5.97 Å². The predicted molar refractivity (Wildman–Crippen MR) is 70.3 cm³/mol. The van der Waals surface area contributed by atoms with Gasteiger partial charge in [0.05, 0.1) is 18.2 Å². The van der Waals surface area contributed by atoms with E-state index in [0.717, 1.165) is 12.5 Å². The van der Waals surface area contributed by atoms with Crippen LogP contribution in [0.1, 0.15) is 25.8 Å². The molecule has 0 fully saturated rings. The van der Waals surface area contributed by atoms with Gasteiger partial charge in [-0.1, -0.05) is 6.92 Å². The van der Waals surface area contributed by atoms with Gasteiger partial charge in [-0.15, -0.1) is 0 Å². The minimum absolute atomic E-state index is 0.0516. The Morgan fingerprint density at radius 1 is 1.42 bits per heavy atom. The molecule has 0 saturated heterocycles. The van der Waals surface area contributed by atoms with E-state index in [-0.39, 0.29) is 18.1 Å². The number of hydrogen-bond acceptors (Lipinski definition) is 4. The molecule has 5 heteroatoms. The van der Waals surface area contributed by atoms with Crippen molar-refractivity contribution in [2.45, 2.75) is 20.3 Å². The summed E-state index contributed by atoms with van der Waals surface area (Å²) >= 11 is 0. The lowest BCUT2D eigenvalue weighted by molar-refractivity contribution is -0.141. The molecule has 0 aromatic heterocycles. The predicted octanol–water partition coefficient (Wildman–Crippen LogP) is 2.48. The Kier molecular flexibility index (Phi) is 5.80. The summed E-state index contributed by atoms with van der Waals surface area (Å²) < 4.78 is 18.3. The number of hydrogen-bond donors (Lipinski definition) is 0. The Labute approximate surface area is 112 Å². The van der Waals surface area contributed by atoms with Crippen LogP contribution < -0.4 is 4.90 Å². The van der Waals surface area contributed by atoms with Crippen LogP contribution in [-0.2, 0) is 9.53 Å². The van der Waals surface area contributed by atoms with E-state index in [1.807, 2.05) is 13.0 Å². The molecule has 0 N–H and O–H groups in total. The third-order valence-electron chi connectivity index (χ3n) is 2.50. The molecule has 1 aromatic carbocycles. The average Bonchev–Trinajstić information content (AvgIpc) is 2.37. The first-order chi connectivity index (χ1) is 9.10. The molecule has 4 nitrogen and oxygen atoms in total. The molecule has 0 aliphatic carbocycles. The van der Waals surface area contributed by atoms with Gasteiger partial charge < -0.3 is 9.64 Å².